The van der Waals surface area contributed by atoms with Crippen LogP contribution in [-0.2, 0) is 53.3 Å². The molecule has 0 spiro atoms. The summed E-state index contributed by atoms with van der Waals surface area (Å²) in [5, 5.41) is 29.6. The van der Waals surface area contributed by atoms with E-state index in [1.54, 1.807) is 0 Å². The van der Waals surface area contributed by atoms with E-state index >= 15 is 0 Å². The van der Waals surface area contributed by atoms with Gasteiger partial charge in [0.25, 0.3) is 0 Å². The first-order valence-electron chi connectivity index (χ1n) is 2.21. The van der Waals surface area contributed by atoms with Crippen LogP contribution in [0.2, 0.25) is 0 Å². The largest absolute Gasteiger partial charge is 0.473 e. The van der Waals surface area contributed by atoms with Gasteiger partial charge in [-0.05, 0) is 0 Å². The van der Waals surface area contributed by atoms with E-state index in [4.69, 9.17) is 39.6 Å². The van der Waals surface area contributed by atoms with Gasteiger partial charge < -0.3 is 31.4 Å². The molecule has 0 saturated heterocycles. The fraction of sp³-hybridized carbons (Fsp3) is 0. The molecule has 10 nitrogen and oxygen atoms in total. The second-order valence-corrected chi connectivity index (χ2v) is 1.22. The van der Waals surface area contributed by atoms with Crippen molar-refractivity contribution in [2.24, 2.45) is 0 Å². The molecule has 0 aromatic carbocycles. The molecule has 0 unspecified atom stereocenters. The summed E-state index contributed by atoms with van der Waals surface area (Å²) in [6.45, 7) is 0. The van der Waals surface area contributed by atoms with E-state index in [-0.39, 0.29) is 45.1 Å². The minimum Gasteiger partial charge on any atom is -0.473 e. The Morgan fingerprint density at radius 3 is 0.562 bits per heavy atom. The van der Waals surface area contributed by atoms with Crippen LogP contribution >= 0.6 is 0 Å². The summed E-state index contributed by atoms with van der Waals surface area (Å²) in [5.74, 6) is -7.30. The molecule has 0 aliphatic heterocycles. The minimum absolute atomic E-state index is 0. The molecule has 0 amide bonds. The SMILES string of the molecule is O.O.O=C(O)C(=O)O.O=C(O)C(=O)O.[Cu].[Cu]. The smallest absolute Gasteiger partial charge is 0.414 e. The zero-order chi connectivity index (χ0) is 10.3. The van der Waals surface area contributed by atoms with Gasteiger partial charge in [0, 0.05) is 34.1 Å². The van der Waals surface area contributed by atoms with Gasteiger partial charge in [0.1, 0.15) is 0 Å². The molecule has 0 rings (SSSR count). The van der Waals surface area contributed by atoms with Crippen LogP contribution in [-0.4, -0.2) is 55.3 Å². The van der Waals surface area contributed by atoms with Crippen molar-refractivity contribution in [2.45, 2.75) is 0 Å². The number of hydrogen-bond donors (Lipinski definition) is 4. The Morgan fingerprint density at radius 2 is 0.562 bits per heavy atom. The predicted molar refractivity (Wildman–Crippen MR) is 37.8 cm³/mol. The van der Waals surface area contributed by atoms with Gasteiger partial charge in [-0.1, -0.05) is 0 Å². The van der Waals surface area contributed by atoms with Crippen LogP contribution in [0.4, 0.5) is 0 Å². The molecular formula is C4H8Cu2O10. The molecule has 0 aromatic rings. The first-order chi connectivity index (χ1) is 5.29. The number of rotatable bonds is 0. The number of carboxylic acids is 4. The van der Waals surface area contributed by atoms with Gasteiger partial charge in [-0.2, -0.15) is 0 Å². The van der Waals surface area contributed by atoms with Crippen molar-refractivity contribution in [3.8, 4) is 0 Å². The first kappa shape index (κ1) is 36.4. The van der Waals surface area contributed by atoms with Crippen molar-refractivity contribution in [1.82, 2.24) is 0 Å². The van der Waals surface area contributed by atoms with Crippen molar-refractivity contribution >= 4 is 23.9 Å². The van der Waals surface area contributed by atoms with Crippen LogP contribution in [0.3, 0.4) is 0 Å². The molecule has 0 bridgehead atoms. The zero-order valence-electron chi connectivity index (χ0n) is 7.02. The van der Waals surface area contributed by atoms with E-state index in [1.165, 1.54) is 0 Å². The minimum atomic E-state index is -1.82. The van der Waals surface area contributed by atoms with E-state index in [2.05, 4.69) is 0 Å². The van der Waals surface area contributed by atoms with E-state index < -0.39 is 23.9 Å². The van der Waals surface area contributed by atoms with Crippen LogP contribution < -0.4 is 0 Å². The van der Waals surface area contributed by atoms with E-state index in [0.717, 1.165) is 0 Å². The second-order valence-electron chi connectivity index (χ2n) is 1.22. The van der Waals surface area contributed by atoms with Gasteiger partial charge >= 0.3 is 23.9 Å². The Bertz CT molecular complexity index is 177. The fourth-order valence-corrected chi connectivity index (χ4v) is 0. The van der Waals surface area contributed by atoms with Gasteiger partial charge in [0.15, 0.2) is 0 Å². The van der Waals surface area contributed by atoms with Crippen molar-refractivity contribution in [3.63, 3.8) is 0 Å². The topological polar surface area (TPSA) is 212 Å². The summed E-state index contributed by atoms with van der Waals surface area (Å²) in [6, 6.07) is 0. The van der Waals surface area contributed by atoms with E-state index in [1.807, 2.05) is 0 Å². The Kier molecular flexibility index (Phi) is 44.1. The Labute approximate surface area is 109 Å². The molecule has 0 aliphatic rings. The third-order valence-corrected chi connectivity index (χ3v) is 0.366. The van der Waals surface area contributed by atoms with Crippen molar-refractivity contribution in [1.29, 1.82) is 0 Å². The summed E-state index contributed by atoms with van der Waals surface area (Å²) in [6.07, 6.45) is 0. The first-order valence-corrected chi connectivity index (χ1v) is 2.21. The maximum atomic E-state index is 9.10. The molecule has 12 heteroatoms. The summed E-state index contributed by atoms with van der Waals surface area (Å²) in [4.78, 5) is 36.4. The molecule has 0 aliphatic carbocycles. The predicted octanol–water partition coefficient (Wildman–Crippen LogP) is -3.34. The van der Waals surface area contributed by atoms with Gasteiger partial charge in [-0.25, -0.2) is 19.2 Å². The second kappa shape index (κ2) is 19.4. The van der Waals surface area contributed by atoms with Crippen molar-refractivity contribution < 1.29 is 84.7 Å². The molecule has 0 saturated carbocycles. The Balaban J connectivity index is -0.0000000250. The van der Waals surface area contributed by atoms with Crippen LogP contribution in [0, 0.1) is 0 Å². The molecule has 8 N–H and O–H groups in total. The molecule has 0 atom stereocenters. The van der Waals surface area contributed by atoms with Gasteiger partial charge in [-0.3, -0.25) is 0 Å². The van der Waals surface area contributed by atoms with Crippen molar-refractivity contribution in [2.75, 3.05) is 0 Å². The molecule has 16 heavy (non-hydrogen) atoms. The number of carbonyl (C=O) groups is 4. The standard InChI is InChI=1S/2C2H2O4.2Cu.2H2O/c2*3-1(4)2(5)6;;;;/h2*(H,3,4)(H,5,6);;;2*1H2. The molecule has 0 fully saturated rings. The molecule has 106 valence electrons. The summed E-state index contributed by atoms with van der Waals surface area (Å²) in [7, 11) is 0. The fourth-order valence-electron chi connectivity index (χ4n) is 0. The summed E-state index contributed by atoms with van der Waals surface area (Å²) >= 11 is 0. The van der Waals surface area contributed by atoms with Crippen molar-refractivity contribution in [3.05, 3.63) is 0 Å². The number of hydrogen-bond acceptors (Lipinski definition) is 4. The third-order valence-electron chi connectivity index (χ3n) is 0.366. The normalized spacial score (nSPS) is 5.50. The van der Waals surface area contributed by atoms with Gasteiger partial charge in [-0.15, -0.1) is 0 Å². The monoisotopic (exact) mass is 342 g/mol. The van der Waals surface area contributed by atoms with Gasteiger partial charge in [0.2, 0.25) is 0 Å². The third kappa shape index (κ3) is 38.5. The average Bonchev–Trinajstić information content (AvgIpc) is 1.88. The maximum Gasteiger partial charge on any atom is 0.414 e. The van der Waals surface area contributed by atoms with Gasteiger partial charge in [0.05, 0.1) is 0 Å². The van der Waals surface area contributed by atoms with Crippen LogP contribution in [0.1, 0.15) is 0 Å². The zero-order valence-corrected chi connectivity index (χ0v) is 8.91. The average molecular weight is 343 g/mol. The number of carboxylic acid groups (broad SMARTS) is 4. The van der Waals surface area contributed by atoms with Crippen LogP contribution in [0.5, 0.6) is 0 Å². The maximum absolute atomic E-state index is 9.10. The molecule has 0 aromatic heterocycles. The number of aliphatic carboxylic acids is 4. The van der Waals surface area contributed by atoms with Crippen LogP contribution in [0.15, 0.2) is 0 Å². The van der Waals surface area contributed by atoms with E-state index in [9.17, 15) is 0 Å². The molecular weight excluding hydrogens is 335 g/mol. The van der Waals surface area contributed by atoms with E-state index in [0.29, 0.717) is 0 Å². The Morgan fingerprint density at radius 1 is 0.500 bits per heavy atom. The quantitative estimate of drug-likeness (QED) is 0.257. The Hall–Kier alpha value is -1.16. The summed E-state index contributed by atoms with van der Waals surface area (Å²) < 4.78 is 0. The summed E-state index contributed by atoms with van der Waals surface area (Å²) in [5.41, 5.74) is 0. The molecule has 2 radical (unpaired) electrons. The molecule has 0 heterocycles. The van der Waals surface area contributed by atoms with Crippen LogP contribution in [0.25, 0.3) is 0 Å².